The molecule has 2 aromatic heterocycles. The van der Waals surface area contributed by atoms with E-state index in [1.54, 1.807) is 23.7 Å². The lowest BCUT2D eigenvalue weighted by Gasteiger charge is -2.24. The molecule has 0 unspecified atom stereocenters. The first-order valence-corrected chi connectivity index (χ1v) is 9.79. The number of amides is 1. The van der Waals surface area contributed by atoms with Crippen molar-refractivity contribution in [2.24, 2.45) is 12.8 Å². The zero-order chi connectivity index (χ0) is 21.8. The number of imidazole rings is 1. The topological polar surface area (TPSA) is 119 Å². The van der Waals surface area contributed by atoms with Crippen molar-refractivity contribution in [2.75, 3.05) is 11.4 Å². The van der Waals surface area contributed by atoms with Gasteiger partial charge in [0.1, 0.15) is 11.6 Å². The van der Waals surface area contributed by atoms with Gasteiger partial charge in [-0.05, 0) is 30.7 Å². The maximum absolute atomic E-state index is 13.3. The summed E-state index contributed by atoms with van der Waals surface area (Å²) < 4.78 is 16.4. The van der Waals surface area contributed by atoms with Crippen molar-refractivity contribution >= 4 is 22.8 Å². The van der Waals surface area contributed by atoms with Crippen molar-refractivity contribution in [3.8, 4) is 0 Å². The first kappa shape index (κ1) is 21.3. The average Bonchev–Trinajstić information content (AvgIpc) is 3.02. The van der Waals surface area contributed by atoms with Crippen LogP contribution in [0.2, 0.25) is 0 Å². The number of hydrogen-bond donors (Lipinski definition) is 2. The second-order valence-electron chi connectivity index (χ2n) is 7.14. The van der Waals surface area contributed by atoms with Crippen LogP contribution >= 0.6 is 0 Å². The maximum atomic E-state index is 13.3. The molecule has 1 amide bonds. The van der Waals surface area contributed by atoms with Gasteiger partial charge in [-0.25, -0.2) is 14.2 Å². The van der Waals surface area contributed by atoms with Crippen molar-refractivity contribution in [1.82, 2.24) is 19.1 Å². The summed E-state index contributed by atoms with van der Waals surface area (Å²) in [5, 5.41) is 0. The van der Waals surface area contributed by atoms with E-state index in [-0.39, 0.29) is 18.8 Å². The summed E-state index contributed by atoms with van der Waals surface area (Å²) in [6.07, 6.45) is 1.76. The number of aromatic nitrogens is 4. The van der Waals surface area contributed by atoms with Gasteiger partial charge in [0, 0.05) is 32.2 Å². The first-order chi connectivity index (χ1) is 14.3. The SMILES string of the molecule is CCCCn1c(=O)[nH]c(=O)c2c1nc(CN(CCC(N)=O)c1ccc(F)cc1)n2C. The molecule has 0 aliphatic heterocycles. The number of carbonyl (C=O) groups excluding carboxylic acids is 1. The fraction of sp³-hybridized carbons (Fsp3) is 0.400. The van der Waals surface area contributed by atoms with Crippen LogP contribution in [0, 0.1) is 5.82 Å². The number of anilines is 1. The monoisotopic (exact) mass is 416 g/mol. The van der Waals surface area contributed by atoms with Gasteiger partial charge in [0.05, 0.1) is 6.54 Å². The molecule has 0 aliphatic carbocycles. The maximum Gasteiger partial charge on any atom is 0.330 e. The van der Waals surface area contributed by atoms with E-state index < -0.39 is 17.2 Å². The largest absolute Gasteiger partial charge is 0.370 e. The fourth-order valence-corrected chi connectivity index (χ4v) is 3.32. The highest BCUT2D eigenvalue weighted by atomic mass is 19.1. The van der Waals surface area contributed by atoms with E-state index in [4.69, 9.17) is 5.73 Å². The minimum absolute atomic E-state index is 0.100. The van der Waals surface area contributed by atoms with Gasteiger partial charge >= 0.3 is 5.69 Å². The number of nitrogens with two attached hydrogens (primary N) is 1. The smallest absolute Gasteiger partial charge is 0.330 e. The molecule has 30 heavy (non-hydrogen) atoms. The van der Waals surface area contributed by atoms with Crippen molar-refractivity contribution in [3.05, 3.63) is 56.7 Å². The molecule has 2 heterocycles. The second-order valence-corrected chi connectivity index (χ2v) is 7.14. The van der Waals surface area contributed by atoms with Gasteiger partial charge in [-0.15, -0.1) is 0 Å². The molecule has 0 atom stereocenters. The summed E-state index contributed by atoms with van der Waals surface area (Å²) in [5.41, 5.74) is 5.61. The molecule has 10 heteroatoms. The number of hydrogen-bond acceptors (Lipinski definition) is 5. The Labute approximate surface area is 171 Å². The summed E-state index contributed by atoms with van der Waals surface area (Å²) in [5.74, 6) is -0.306. The standard InChI is InChI=1S/C20H25FN6O3/c1-3-4-10-27-18-17(19(29)24-20(27)30)25(2)16(23-18)12-26(11-9-15(22)28)14-7-5-13(21)6-8-14/h5-8H,3-4,9-12H2,1-2H3,(H2,22,28)(H,24,29,30). The Bertz CT molecular complexity index is 1160. The number of benzene rings is 1. The van der Waals surface area contributed by atoms with E-state index in [0.717, 1.165) is 12.8 Å². The highest BCUT2D eigenvalue weighted by Gasteiger charge is 2.19. The molecular formula is C20H25FN6O3. The van der Waals surface area contributed by atoms with Gasteiger partial charge in [0.2, 0.25) is 5.91 Å². The normalized spacial score (nSPS) is 11.2. The number of aromatic amines is 1. The second kappa shape index (κ2) is 8.93. The molecule has 3 N–H and O–H groups in total. The molecule has 0 saturated carbocycles. The Morgan fingerprint density at radius 1 is 1.27 bits per heavy atom. The third-order valence-corrected chi connectivity index (χ3v) is 4.99. The van der Waals surface area contributed by atoms with Crippen LogP contribution in [0.3, 0.4) is 0 Å². The molecule has 0 saturated heterocycles. The van der Waals surface area contributed by atoms with Crippen LogP contribution in [0.5, 0.6) is 0 Å². The number of H-pyrrole nitrogens is 1. The highest BCUT2D eigenvalue weighted by Crippen LogP contribution is 2.19. The van der Waals surface area contributed by atoms with Crippen LogP contribution in [0.1, 0.15) is 32.0 Å². The van der Waals surface area contributed by atoms with E-state index in [1.807, 2.05) is 11.8 Å². The average molecular weight is 416 g/mol. The Hall–Kier alpha value is -3.43. The van der Waals surface area contributed by atoms with Gasteiger partial charge in [0.15, 0.2) is 11.2 Å². The van der Waals surface area contributed by atoms with E-state index in [0.29, 0.717) is 35.8 Å². The zero-order valence-electron chi connectivity index (χ0n) is 17.0. The van der Waals surface area contributed by atoms with Crippen LogP contribution in [-0.2, 0) is 24.9 Å². The molecule has 0 spiro atoms. The van der Waals surface area contributed by atoms with Crippen molar-refractivity contribution in [1.29, 1.82) is 0 Å². The third-order valence-electron chi connectivity index (χ3n) is 4.99. The Kier molecular flexibility index (Phi) is 6.34. The van der Waals surface area contributed by atoms with Gasteiger partial charge in [-0.1, -0.05) is 13.3 Å². The predicted octanol–water partition coefficient (Wildman–Crippen LogP) is 1.24. The van der Waals surface area contributed by atoms with Gasteiger partial charge in [-0.2, -0.15) is 0 Å². The number of halogens is 1. The van der Waals surface area contributed by atoms with Crippen LogP contribution in [0.25, 0.3) is 11.2 Å². The summed E-state index contributed by atoms with van der Waals surface area (Å²) in [6.45, 7) is 2.99. The number of primary amides is 1. The number of carbonyl (C=O) groups is 1. The third kappa shape index (κ3) is 4.42. The van der Waals surface area contributed by atoms with Gasteiger partial charge < -0.3 is 15.2 Å². The number of rotatable bonds is 9. The minimum Gasteiger partial charge on any atom is -0.370 e. The minimum atomic E-state index is -0.505. The van der Waals surface area contributed by atoms with E-state index >= 15 is 0 Å². The van der Waals surface area contributed by atoms with Crippen LogP contribution in [0.4, 0.5) is 10.1 Å². The van der Waals surface area contributed by atoms with Gasteiger partial charge in [-0.3, -0.25) is 19.1 Å². The molecular weight excluding hydrogens is 391 g/mol. The number of unbranched alkanes of at least 4 members (excludes halogenated alkanes) is 1. The van der Waals surface area contributed by atoms with E-state index in [2.05, 4.69) is 9.97 Å². The molecule has 0 radical (unpaired) electrons. The molecule has 3 aromatic rings. The lowest BCUT2D eigenvalue weighted by molar-refractivity contribution is -0.117. The number of aryl methyl sites for hydroxylation is 2. The van der Waals surface area contributed by atoms with Crippen LogP contribution in [0.15, 0.2) is 33.9 Å². The van der Waals surface area contributed by atoms with Crippen LogP contribution in [-0.4, -0.2) is 31.6 Å². The summed E-state index contributed by atoms with van der Waals surface area (Å²) in [4.78, 5) is 44.8. The van der Waals surface area contributed by atoms with E-state index in [1.165, 1.54) is 16.7 Å². The molecule has 3 rings (SSSR count). The quantitative estimate of drug-likeness (QED) is 0.544. The fourth-order valence-electron chi connectivity index (χ4n) is 3.32. The van der Waals surface area contributed by atoms with Crippen molar-refractivity contribution in [2.45, 2.75) is 39.3 Å². The molecule has 0 bridgehead atoms. The predicted molar refractivity (Wildman–Crippen MR) is 112 cm³/mol. The number of nitrogens with one attached hydrogen (secondary N) is 1. The summed E-state index contributed by atoms with van der Waals surface area (Å²) in [6, 6.07) is 5.86. The van der Waals surface area contributed by atoms with Crippen molar-refractivity contribution < 1.29 is 9.18 Å². The van der Waals surface area contributed by atoms with E-state index in [9.17, 15) is 18.8 Å². The Morgan fingerprint density at radius 3 is 2.60 bits per heavy atom. The number of nitrogens with zero attached hydrogens (tertiary/aromatic N) is 4. The Balaban J connectivity index is 2.04. The summed E-state index contributed by atoms with van der Waals surface area (Å²) >= 11 is 0. The lowest BCUT2D eigenvalue weighted by atomic mass is 10.2. The van der Waals surface area contributed by atoms with Crippen molar-refractivity contribution in [3.63, 3.8) is 0 Å². The molecule has 160 valence electrons. The molecule has 1 aromatic carbocycles. The van der Waals surface area contributed by atoms with Crippen LogP contribution < -0.4 is 21.9 Å². The summed E-state index contributed by atoms with van der Waals surface area (Å²) in [7, 11) is 1.70. The highest BCUT2D eigenvalue weighted by molar-refractivity contribution is 5.74. The molecule has 0 fully saturated rings. The number of fused-ring (bicyclic) bond motifs is 1. The lowest BCUT2D eigenvalue weighted by Crippen LogP contribution is -2.31. The first-order valence-electron chi connectivity index (χ1n) is 9.79. The molecule has 0 aliphatic rings. The molecule has 9 nitrogen and oxygen atoms in total. The zero-order valence-corrected chi connectivity index (χ0v) is 17.0. The van der Waals surface area contributed by atoms with Gasteiger partial charge in [0.25, 0.3) is 5.56 Å². The Morgan fingerprint density at radius 2 is 1.97 bits per heavy atom.